The van der Waals surface area contributed by atoms with Gasteiger partial charge in [0.05, 0.1) is 5.56 Å². The molecule has 0 aliphatic carbocycles. The number of likely N-dealkylation sites (N-methyl/N-ethyl adjacent to an activating group) is 1. The summed E-state index contributed by atoms with van der Waals surface area (Å²) in [5.41, 5.74) is -0.537. The van der Waals surface area contributed by atoms with E-state index in [1.807, 2.05) is 0 Å². The van der Waals surface area contributed by atoms with E-state index in [9.17, 15) is 18.4 Å². The second-order valence-corrected chi connectivity index (χ2v) is 3.64. The molecule has 1 unspecified atom stereocenters. The van der Waals surface area contributed by atoms with Crippen LogP contribution in [-0.2, 0) is 4.79 Å². The molecule has 1 heterocycles. The van der Waals surface area contributed by atoms with Crippen LogP contribution in [0.25, 0.3) is 0 Å². The first-order chi connectivity index (χ1) is 8.40. The van der Waals surface area contributed by atoms with Gasteiger partial charge >= 0.3 is 5.97 Å². The van der Waals surface area contributed by atoms with Gasteiger partial charge in [0.15, 0.2) is 5.82 Å². The van der Waals surface area contributed by atoms with Gasteiger partial charge < -0.3 is 10.0 Å². The summed E-state index contributed by atoms with van der Waals surface area (Å²) in [7, 11) is 1.22. The van der Waals surface area contributed by atoms with Crippen molar-refractivity contribution in [2.45, 2.75) is 19.4 Å². The van der Waals surface area contributed by atoms with Gasteiger partial charge in [-0.25, -0.2) is 14.2 Å². The highest BCUT2D eigenvalue weighted by Crippen LogP contribution is 2.14. The van der Waals surface area contributed by atoms with E-state index in [1.54, 1.807) is 6.92 Å². The minimum atomic E-state index is -1.39. The van der Waals surface area contributed by atoms with Gasteiger partial charge in [-0.15, -0.1) is 0 Å². The summed E-state index contributed by atoms with van der Waals surface area (Å²) >= 11 is 0. The number of rotatable bonds is 4. The van der Waals surface area contributed by atoms with Crippen molar-refractivity contribution in [2.24, 2.45) is 0 Å². The van der Waals surface area contributed by atoms with Crippen LogP contribution in [-0.4, -0.2) is 40.0 Å². The molecule has 0 aliphatic rings. The van der Waals surface area contributed by atoms with E-state index < -0.39 is 35.2 Å². The fourth-order valence-corrected chi connectivity index (χ4v) is 1.53. The van der Waals surface area contributed by atoms with Gasteiger partial charge in [0.25, 0.3) is 5.91 Å². The molecule has 0 bridgehead atoms. The smallest absolute Gasteiger partial charge is 0.326 e. The van der Waals surface area contributed by atoms with Crippen molar-refractivity contribution in [3.05, 3.63) is 29.6 Å². The number of hydrogen-bond acceptors (Lipinski definition) is 3. The molecule has 1 rings (SSSR count). The zero-order valence-electron chi connectivity index (χ0n) is 9.85. The molecular formula is C11H12F2N2O3. The van der Waals surface area contributed by atoms with E-state index in [1.165, 1.54) is 7.05 Å². The second-order valence-electron chi connectivity index (χ2n) is 3.64. The highest BCUT2D eigenvalue weighted by Gasteiger charge is 2.28. The highest BCUT2D eigenvalue weighted by atomic mass is 19.2. The third-order valence-electron chi connectivity index (χ3n) is 2.54. The topological polar surface area (TPSA) is 70.5 Å². The largest absolute Gasteiger partial charge is 0.480 e. The van der Waals surface area contributed by atoms with E-state index >= 15 is 0 Å². The maximum Gasteiger partial charge on any atom is 0.326 e. The lowest BCUT2D eigenvalue weighted by molar-refractivity contribution is -0.142. The van der Waals surface area contributed by atoms with Crippen molar-refractivity contribution in [1.82, 2.24) is 9.88 Å². The first-order valence-corrected chi connectivity index (χ1v) is 5.20. The van der Waals surface area contributed by atoms with E-state index in [4.69, 9.17) is 5.11 Å². The molecule has 1 N–H and O–H groups in total. The number of hydrogen-bond donors (Lipinski definition) is 1. The molecule has 7 heteroatoms. The van der Waals surface area contributed by atoms with Crippen LogP contribution in [0.4, 0.5) is 8.78 Å². The Morgan fingerprint density at radius 2 is 2.11 bits per heavy atom. The van der Waals surface area contributed by atoms with Gasteiger partial charge in [-0.3, -0.25) is 4.79 Å². The predicted molar refractivity (Wildman–Crippen MR) is 58.0 cm³/mol. The van der Waals surface area contributed by atoms with E-state index in [0.29, 0.717) is 0 Å². The van der Waals surface area contributed by atoms with Gasteiger partial charge in [-0.1, -0.05) is 6.92 Å². The Balaban J connectivity index is 3.07. The molecule has 1 amide bonds. The molecule has 98 valence electrons. The van der Waals surface area contributed by atoms with Crippen LogP contribution in [0.15, 0.2) is 12.3 Å². The minimum absolute atomic E-state index is 0.159. The number of nitrogens with zero attached hydrogens (tertiary/aromatic N) is 2. The van der Waals surface area contributed by atoms with Crippen LogP contribution in [0.1, 0.15) is 23.7 Å². The first-order valence-electron chi connectivity index (χ1n) is 5.20. The predicted octanol–water partition coefficient (Wildman–Crippen LogP) is 1.30. The molecule has 0 spiro atoms. The van der Waals surface area contributed by atoms with Gasteiger partial charge in [-0.05, 0) is 12.5 Å². The van der Waals surface area contributed by atoms with E-state index in [-0.39, 0.29) is 6.42 Å². The zero-order valence-corrected chi connectivity index (χ0v) is 9.85. The van der Waals surface area contributed by atoms with Crippen LogP contribution in [0.2, 0.25) is 0 Å². The summed E-state index contributed by atoms with van der Waals surface area (Å²) < 4.78 is 26.2. The van der Waals surface area contributed by atoms with E-state index in [0.717, 1.165) is 17.2 Å². The second kappa shape index (κ2) is 5.52. The van der Waals surface area contributed by atoms with Crippen molar-refractivity contribution in [3.63, 3.8) is 0 Å². The Bertz CT molecular complexity index is 479. The molecule has 0 aromatic carbocycles. The molecule has 0 saturated carbocycles. The Kier molecular flexibility index (Phi) is 4.30. The molecular weight excluding hydrogens is 246 g/mol. The normalized spacial score (nSPS) is 12.0. The van der Waals surface area contributed by atoms with Crippen LogP contribution >= 0.6 is 0 Å². The highest BCUT2D eigenvalue weighted by molar-refractivity contribution is 5.96. The van der Waals surface area contributed by atoms with Gasteiger partial charge in [0.2, 0.25) is 5.95 Å². The Morgan fingerprint density at radius 1 is 1.50 bits per heavy atom. The number of carboxylic acid groups (broad SMARTS) is 1. The summed E-state index contributed by atoms with van der Waals surface area (Å²) in [6.07, 6.45) is 1.11. The molecule has 1 atom stereocenters. The fraction of sp³-hybridized carbons (Fsp3) is 0.364. The molecule has 1 aromatic heterocycles. The summed E-state index contributed by atoms with van der Waals surface area (Å²) in [6.45, 7) is 1.58. The van der Waals surface area contributed by atoms with Gasteiger partial charge in [0.1, 0.15) is 6.04 Å². The molecule has 0 aliphatic heterocycles. The van der Waals surface area contributed by atoms with Crippen LogP contribution in [0.3, 0.4) is 0 Å². The number of pyridine rings is 1. The molecule has 1 aromatic rings. The van der Waals surface area contributed by atoms with Crippen LogP contribution < -0.4 is 0 Å². The molecule has 0 saturated heterocycles. The molecule has 5 nitrogen and oxygen atoms in total. The van der Waals surface area contributed by atoms with Gasteiger partial charge in [-0.2, -0.15) is 4.39 Å². The standard InChI is InChI=1S/C11H12F2N2O3/c1-3-7(11(17)18)15(2)10(16)6-4-5-14-9(13)8(6)12/h4-5,7H,3H2,1-2H3,(H,17,18). The quantitative estimate of drug-likeness (QED) is 0.826. The van der Waals surface area contributed by atoms with Crippen LogP contribution in [0, 0.1) is 11.8 Å². The average molecular weight is 258 g/mol. The maximum atomic E-state index is 13.3. The lowest BCUT2D eigenvalue weighted by Crippen LogP contribution is -2.42. The van der Waals surface area contributed by atoms with Crippen molar-refractivity contribution in [2.75, 3.05) is 7.05 Å². The number of amides is 1. The third kappa shape index (κ3) is 2.61. The Hall–Kier alpha value is -2.05. The lowest BCUT2D eigenvalue weighted by atomic mass is 10.1. The monoisotopic (exact) mass is 258 g/mol. The number of halogens is 2. The van der Waals surface area contributed by atoms with Crippen molar-refractivity contribution in [3.8, 4) is 0 Å². The van der Waals surface area contributed by atoms with Crippen LogP contribution in [0.5, 0.6) is 0 Å². The summed E-state index contributed by atoms with van der Waals surface area (Å²) in [4.78, 5) is 26.6. The zero-order chi connectivity index (χ0) is 13.9. The summed E-state index contributed by atoms with van der Waals surface area (Å²) in [5, 5.41) is 8.89. The summed E-state index contributed by atoms with van der Waals surface area (Å²) in [5.74, 6) is -4.88. The summed E-state index contributed by atoms with van der Waals surface area (Å²) in [6, 6.07) is -0.0839. The average Bonchev–Trinajstić information content (AvgIpc) is 2.32. The lowest BCUT2D eigenvalue weighted by Gasteiger charge is -2.23. The Morgan fingerprint density at radius 3 is 2.61 bits per heavy atom. The maximum absolute atomic E-state index is 13.3. The molecule has 0 fully saturated rings. The molecule has 0 radical (unpaired) electrons. The third-order valence-corrected chi connectivity index (χ3v) is 2.54. The van der Waals surface area contributed by atoms with Crippen molar-refractivity contribution >= 4 is 11.9 Å². The van der Waals surface area contributed by atoms with Gasteiger partial charge in [0, 0.05) is 13.2 Å². The van der Waals surface area contributed by atoms with Crippen molar-refractivity contribution < 1.29 is 23.5 Å². The van der Waals surface area contributed by atoms with Crippen molar-refractivity contribution in [1.29, 1.82) is 0 Å². The molecule has 18 heavy (non-hydrogen) atoms. The number of carbonyl (C=O) groups is 2. The number of carbonyl (C=O) groups excluding carboxylic acids is 1. The number of aromatic nitrogens is 1. The fourth-order valence-electron chi connectivity index (χ4n) is 1.53. The number of aliphatic carboxylic acids is 1. The van der Waals surface area contributed by atoms with E-state index in [2.05, 4.69) is 4.98 Å². The minimum Gasteiger partial charge on any atom is -0.480 e. The number of carboxylic acids is 1. The Labute approximate surface area is 102 Å². The SMILES string of the molecule is CCC(C(=O)O)N(C)C(=O)c1ccnc(F)c1F. The first kappa shape index (κ1) is 14.0.